The van der Waals surface area contributed by atoms with E-state index in [1.807, 2.05) is 6.07 Å². The van der Waals surface area contributed by atoms with Gasteiger partial charge in [0, 0.05) is 12.1 Å². The quantitative estimate of drug-likeness (QED) is 0.791. The third kappa shape index (κ3) is 4.30. The molecule has 0 aliphatic carbocycles. The first kappa shape index (κ1) is 15.0. The average molecular weight is 253 g/mol. The van der Waals surface area contributed by atoms with Gasteiger partial charge in [0.25, 0.3) is 0 Å². The van der Waals surface area contributed by atoms with Crippen LogP contribution in [0.15, 0.2) is 18.2 Å². The molecular weight excluding hydrogens is 229 g/mol. The Hall–Kier alpha value is -1.09. The van der Waals surface area contributed by atoms with Gasteiger partial charge >= 0.3 is 0 Å². The highest BCUT2D eigenvalue weighted by Crippen LogP contribution is 2.23. The number of rotatable bonds is 7. The second kappa shape index (κ2) is 7.37. The summed E-state index contributed by atoms with van der Waals surface area (Å²) in [6, 6.07) is 5.70. The van der Waals surface area contributed by atoms with Crippen LogP contribution in [-0.2, 0) is 0 Å². The van der Waals surface area contributed by atoms with E-state index in [1.165, 1.54) is 32.4 Å². The summed E-state index contributed by atoms with van der Waals surface area (Å²) in [7, 11) is 1.49. The van der Waals surface area contributed by atoms with Crippen LogP contribution in [0.25, 0.3) is 0 Å². The first-order valence-electron chi connectivity index (χ1n) is 6.68. The van der Waals surface area contributed by atoms with Crippen LogP contribution in [-0.4, -0.2) is 13.2 Å². The highest BCUT2D eigenvalue weighted by atomic mass is 19.1. The first-order chi connectivity index (χ1) is 8.58. The van der Waals surface area contributed by atoms with E-state index in [9.17, 15) is 4.39 Å². The van der Waals surface area contributed by atoms with E-state index >= 15 is 0 Å². The maximum Gasteiger partial charge on any atom is 0.165 e. The van der Waals surface area contributed by atoms with Gasteiger partial charge in [-0.25, -0.2) is 4.39 Å². The van der Waals surface area contributed by atoms with Crippen molar-refractivity contribution in [3.8, 4) is 5.75 Å². The van der Waals surface area contributed by atoms with Crippen molar-refractivity contribution in [2.45, 2.75) is 52.1 Å². The van der Waals surface area contributed by atoms with Crippen LogP contribution in [0.5, 0.6) is 5.75 Å². The van der Waals surface area contributed by atoms with Crippen LogP contribution in [0.1, 0.15) is 51.6 Å². The fourth-order valence-electron chi connectivity index (χ4n) is 2.06. The predicted octanol–water partition coefficient (Wildman–Crippen LogP) is 4.06. The molecule has 1 rings (SSSR count). The monoisotopic (exact) mass is 253 g/mol. The summed E-state index contributed by atoms with van der Waals surface area (Å²) in [4.78, 5) is 0. The third-order valence-electron chi connectivity index (χ3n) is 3.20. The van der Waals surface area contributed by atoms with Crippen LogP contribution in [0.3, 0.4) is 0 Å². The number of hydrogen-bond acceptors (Lipinski definition) is 2. The van der Waals surface area contributed by atoms with Crippen LogP contribution in [0.2, 0.25) is 0 Å². The molecule has 102 valence electrons. The Kier molecular flexibility index (Phi) is 6.13. The van der Waals surface area contributed by atoms with E-state index in [0.29, 0.717) is 11.8 Å². The highest BCUT2D eigenvalue weighted by molar-refractivity contribution is 5.31. The van der Waals surface area contributed by atoms with Crippen molar-refractivity contribution in [1.82, 2.24) is 5.32 Å². The average Bonchev–Trinajstić information content (AvgIpc) is 2.36. The molecule has 2 nitrogen and oxygen atoms in total. The van der Waals surface area contributed by atoms with Crippen molar-refractivity contribution < 1.29 is 9.13 Å². The number of halogens is 1. The molecule has 1 aromatic rings. The normalized spacial score (nSPS) is 14.3. The summed E-state index contributed by atoms with van der Waals surface area (Å²) in [6.07, 6.45) is 3.61. The number of methoxy groups -OCH3 is 1. The molecule has 0 fully saturated rings. The van der Waals surface area contributed by atoms with Crippen LogP contribution >= 0.6 is 0 Å². The van der Waals surface area contributed by atoms with Crippen LogP contribution in [0.4, 0.5) is 4.39 Å². The first-order valence-corrected chi connectivity index (χ1v) is 6.68. The molecule has 18 heavy (non-hydrogen) atoms. The number of benzene rings is 1. The van der Waals surface area contributed by atoms with E-state index in [1.54, 1.807) is 6.07 Å². The molecule has 0 spiro atoms. The molecule has 0 aromatic heterocycles. The summed E-state index contributed by atoms with van der Waals surface area (Å²) in [6.45, 7) is 6.48. The Morgan fingerprint density at radius 2 is 2.06 bits per heavy atom. The predicted molar refractivity (Wildman–Crippen MR) is 73.5 cm³/mol. The lowest BCUT2D eigenvalue weighted by molar-refractivity contribution is 0.383. The zero-order valence-corrected chi connectivity index (χ0v) is 11.8. The molecule has 0 heterocycles. The smallest absolute Gasteiger partial charge is 0.165 e. The van der Waals surface area contributed by atoms with Gasteiger partial charge in [0.15, 0.2) is 11.6 Å². The minimum atomic E-state index is -0.313. The summed E-state index contributed by atoms with van der Waals surface area (Å²) in [5.74, 6) is -0.00478. The molecule has 2 atom stereocenters. The maximum atomic E-state index is 13.3. The van der Waals surface area contributed by atoms with Gasteiger partial charge in [0.1, 0.15) is 0 Å². The van der Waals surface area contributed by atoms with E-state index in [2.05, 4.69) is 26.1 Å². The minimum absolute atomic E-state index is 0.200. The van der Waals surface area contributed by atoms with Gasteiger partial charge in [-0.05, 0) is 38.0 Å². The fraction of sp³-hybridized carbons (Fsp3) is 0.600. The number of hydrogen-bond donors (Lipinski definition) is 1. The Bertz CT molecular complexity index is 368. The van der Waals surface area contributed by atoms with E-state index < -0.39 is 0 Å². The lowest BCUT2D eigenvalue weighted by atomic mass is 10.1. The minimum Gasteiger partial charge on any atom is -0.494 e. The van der Waals surface area contributed by atoms with Gasteiger partial charge in [-0.1, -0.05) is 25.8 Å². The summed E-state index contributed by atoms with van der Waals surface area (Å²) < 4.78 is 18.3. The molecule has 1 aromatic carbocycles. The molecule has 3 heteroatoms. The Balaban J connectivity index is 2.63. The summed E-state index contributed by atoms with van der Waals surface area (Å²) in [5, 5.41) is 3.52. The number of ether oxygens (including phenoxy) is 1. The summed E-state index contributed by atoms with van der Waals surface area (Å²) >= 11 is 0. The van der Waals surface area contributed by atoms with Gasteiger partial charge in [0.2, 0.25) is 0 Å². The lowest BCUT2D eigenvalue weighted by Crippen LogP contribution is -2.28. The van der Waals surface area contributed by atoms with Crippen molar-refractivity contribution in [1.29, 1.82) is 0 Å². The molecule has 0 saturated carbocycles. The van der Waals surface area contributed by atoms with E-state index in [0.717, 1.165) is 5.56 Å². The molecule has 0 radical (unpaired) electrons. The molecule has 1 N–H and O–H groups in total. The fourth-order valence-corrected chi connectivity index (χ4v) is 2.06. The zero-order chi connectivity index (χ0) is 13.5. The maximum absolute atomic E-state index is 13.3. The Morgan fingerprint density at radius 3 is 2.67 bits per heavy atom. The standard InChI is InChI=1S/C15H24FNO/c1-5-6-7-11(2)17-12(3)13-8-9-14(16)15(10-13)18-4/h8-12,17H,5-7H2,1-4H3. The van der Waals surface area contributed by atoms with Gasteiger partial charge in [-0.15, -0.1) is 0 Å². The van der Waals surface area contributed by atoms with E-state index in [4.69, 9.17) is 4.74 Å². The van der Waals surface area contributed by atoms with Crippen molar-refractivity contribution in [3.05, 3.63) is 29.6 Å². The Morgan fingerprint density at radius 1 is 1.33 bits per heavy atom. The molecule has 0 amide bonds. The van der Waals surface area contributed by atoms with Gasteiger partial charge in [-0.3, -0.25) is 0 Å². The van der Waals surface area contributed by atoms with Gasteiger partial charge < -0.3 is 10.1 Å². The Labute approximate surface area is 110 Å². The van der Waals surface area contributed by atoms with Gasteiger partial charge in [0.05, 0.1) is 7.11 Å². The molecule has 0 saturated heterocycles. The third-order valence-corrected chi connectivity index (χ3v) is 3.20. The van der Waals surface area contributed by atoms with Crippen molar-refractivity contribution in [2.75, 3.05) is 7.11 Å². The topological polar surface area (TPSA) is 21.3 Å². The molecule has 0 aliphatic heterocycles. The van der Waals surface area contributed by atoms with Crippen LogP contribution in [0, 0.1) is 5.82 Å². The zero-order valence-electron chi connectivity index (χ0n) is 11.8. The van der Waals surface area contributed by atoms with Crippen LogP contribution < -0.4 is 10.1 Å². The number of unbranched alkanes of at least 4 members (excludes halogenated alkanes) is 1. The molecule has 0 aliphatic rings. The number of nitrogens with one attached hydrogen (secondary N) is 1. The van der Waals surface area contributed by atoms with E-state index in [-0.39, 0.29) is 11.9 Å². The van der Waals surface area contributed by atoms with Crippen molar-refractivity contribution in [3.63, 3.8) is 0 Å². The van der Waals surface area contributed by atoms with Crippen molar-refractivity contribution >= 4 is 0 Å². The molecule has 2 unspecified atom stereocenters. The second-order valence-electron chi connectivity index (χ2n) is 4.83. The molecule has 0 bridgehead atoms. The lowest BCUT2D eigenvalue weighted by Gasteiger charge is -2.20. The van der Waals surface area contributed by atoms with Crippen molar-refractivity contribution in [2.24, 2.45) is 0 Å². The van der Waals surface area contributed by atoms with Gasteiger partial charge in [-0.2, -0.15) is 0 Å². The molecular formula is C15H24FNO. The second-order valence-corrected chi connectivity index (χ2v) is 4.83. The SMILES string of the molecule is CCCCC(C)NC(C)c1ccc(F)c(OC)c1. The summed E-state index contributed by atoms with van der Waals surface area (Å²) in [5.41, 5.74) is 1.05. The highest BCUT2D eigenvalue weighted by Gasteiger charge is 2.11. The largest absolute Gasteiger partial charge is 0.494 e.